The molecule has 1 N–H and O–H groups in total. The predicted molar refractivity (Wildman–Crippen MR) is 83.4 cm³/mol. The molecule has 1 heterocycles. The van der Waals surface area contributed by atoms with Gasteiger partial charge in [0.15, 0.2) is 9.90 Å². The summed E-state index contributed by atoms with van der Waals surface area (Å²) in [6, 6.07) is 3.62. The van der Waals surface area contributed by atoms with E-state index in [-0.39, 0.29) is 15.6 Å². The number of benzene rings is 1. The summed E-state index contributed by atoms with van der Waals surface area (Å²) in [7, 11) is -2.88. The smallest absolute Gasteiger partial charge is 0.358 e. The van der Waals surface area contributed by atoms with E-state index in [1.165, 1.54) is 17.6 Å². The molecule has 0 aliphatic rings. The van der Waals surface area contributed by atoms with Crippen molar-refractivity contribution in [3.63, 3.8) is 0 Å². The molecule has 10 heteroatoms. The topological polar surface area (TPSA) is 85.4 Å². The van der Waals surface area contributed by atoms with Gasteiger partial charge in [-0.25, -0.2) is 22.6 Å². The van der Waals surface area contributed by atoms with E-state index < -0.39 is 21.8 Å². The van der Waals surface area contributed by atoms with Crippen molar-refractivity contribution in [2.45, 2.75) is 4.21 Å². The Morgan fingerprint density at radius 3 is 2.81 bits per heavy atom. The third-order valence-corrected chi connectivity index (χ3v) is 5.96. The zero-order valence-corrected chi connectivity index (χ0v) is 14.3. The number of hydrogen-bond donors (Lipinski definition) is 1. The van der Waals surface area contributed by atoms with E-state index in [4.69, 9.17) is 0 Å². The molecule has 1 aromatic carbocycles. The molecule has 112 valence electrons. The molecular weight excluding hydrogens is 434 g/mol. The first-order valence-electron chi connectivity index (χ1n) is 5.35. The van der Waals surface area contributed by atoms with Crippen molar-refractivity contribution in [1.29, 1.82) is 0 Å². The summed E-state index contributed by atoms with van der Waals surface area (Å²) in [6.45, 7) is 0. The number of nitrogens with zero attached hydrogens (tertiary/aromatic N) is 1. The molecule has 0 radical (unpaired) electrons. The lowest BCUT2D eigenvalue weighted by atomic mass is 10.3. The van der Waals surface area contributed by atoms with Crippen molar-refractivity contribution in [2.75, 3.05) is 11.8 Å². The van der Waals surface area contributed by atoms with Crippen LogP contribution >= 0.6 is 33.9 Å². The molecule has 2 rings (SSSR count). The Morgan fingerprint density at radius 2 is 2.19 bits per heavy atom. The van der Waals surface area contributed by atoms with Gasteiger partial charge < -0.3 is 4.74 Å². The van der Waals surface area contributed by atoms with Gasteiger partial charge in [-0.15, -0.1) is 11.3 Å². The number of anilines is 1. The van der Waals surface area contributed by atoms with Gasteiger partial charge in [0.2, 0.25) is 0 Å². The van der Waals surface area contributed by atoms with Crippen LogP contribution in [0.1, 0.15) is 10.5 Å². The van der Waals surface area contributed by atoms with Crippen molar-refractivity contribution in [1.82, 2.24) is 4.98 Å². The second-order valence-corrected chi connectivity index (χ2v) is 7.60. The van der Waals surface area contributed by atoms with Crippen molar-refractivity contribution < 1.29 is 22.3 Å². The Labute approximate surface area is 137 Å². The summed E-state index contributed by atoms with van der Waals surface area (Å²) in [4.78, 5) is 15.2. The maximum Gasteiger partial charge on any atom is 0.358 e. The van der Waals surface area contributed by atoms with E-state index in [9.17, 15) is 17.6 Å². The summed E-state index contributed by atoms with van der Waals surface area (Å²) in [5.41, 5.74) is 1.16. The fourth-order valence-electron chi connectivity index (χ4n) is 1.42. The lowest BCUT2D eigenvalue weighted by Gasteiger charge is -2.09. The van der Waals surface area contributed by atoms with Crippen molar-refractivity contribution in [3.8, 4) is 0 Å². The van der Waals surface area contributed by atoms with Gasteiger partial charge >= 0.3 is 5.97 Å². The Kier molecular flexibility index (Phi) is 4.78. The lowest BCUT2D eigenvalue weighted by Crippen LogP contribution is -2.16. The van der Waals surface area contributed by atoms with E-state index in [1.807, 2.05) is 0 Å². The van der Waals surface area contributed by atoms with Crippen LogP contribution in [0.15, 0.2) is 27.9 Å². The Bertz CT molecular complexity index is 791. The molecule has 0 unspecified atom stereocenters. The number of carbonyl (C=O) groups excluding carboxylic acids is 1. The number of carbonyl (C=O) groups is 1. The highest BCUT2D eigenvalue weighted by molar-refractivity contribution is 14.1. The first kappa shape index (κ1) is 16.1. The molecule has 0 amide bonds. The summed E-state index contributed by atoms with van der Waals surface area (Å²) in [5.74, 6) is -1.32. The molecular formula is C11H8FIN2O4S2. The molecule has 0 aliphatic heterocycles. The molecule has 0 spiro atoms. The SMILES string of the molecule is COC(=O)c1ncsc1S(=O)(=O)Nc1ccc(F)cc1I. The van der Waals surface area contributed by atoms with Crippen LogP contribution in [0.2, 0.25) is 0 Å². The molecule has 0 saturated heterocycles. The maximum atomic E-state index is 13.0. The van der Waals surface area contributed by atoms with Crippen LogP contribution in [0, 0.1) is 9.39 Å². The fraction of sp³-hybridized carbons (Fsp3) is 0.0909. The van der Waals surface area contributed by atoms with Crippen molar-refractivity contribution in [3.05, 3.63) is 38.8 Å². The predicted octanol–water partition coefficient (Wildman–Crippen LogP) is 2.47. The number of aromatic nitrogens is 1. The summed E-state index contributed by atoms with van der Waals surface area (Å²) in [5, 5.41) is 0. The number of rotatable bonds is 4. The maximum absolute atomic E-state index is 13.0. The normalized spacial score (nSPS) is 11.2. The van der Waals surface area contributed by atoms with Crippen molar-refractivity contribution in [2.24, 2.45) is 0 Å². The van der Waals surface area contributed by atoms with Gasteiger partial charge in [-0.1, -0.05) is 0 Å². The monoisotopic (exact) mass is 442 g/mol. The molecule has 1 aromatic heterocycles. The molecule has 2 aromatic rings. The molecule has 0 fully saturated rings. The van der Waals surface area contributed by atoms with Crippen LogP contribution in [0.4, 0.5) is 10.1 Å². The molecule has 0 atom stereocenters. The quantitative estimate of drug-likeness (QED) is 0.581. The van der Waals surface area contributed by atoms with Crippen LogP contribution in [-0.4, -0.2) is 26.5 Å². The number of thiazole rings is 1. The van der Waals surface area contributed by atoms with Gasteiger partial charge in [-0.3, -0.25) is 4.72 Å². The van der Waals surface area contributed by atoms with Gasteiger partial charge in [0.05, 0.1) is 18.3 Å². The van der Waals surface area contributed by atoms with Crippen LogP contribution in [0.3, 0.4) is 0 Å². The van der Waals surface area contributed by atoms with Crippen LogP contribution in [0.5, 0.6) is 0 Å². The minimum atomic E-state index is -4.01. The Hall–Kier alpha value is -1.27. The average Bonchev–Trinajstić information content (AvgIpc) is 2.91. The number of hydrogen-bond acceptors (Lipinski definition) is 6. The van der Waals surface area contributed by atoms with Gasteiger partial charge in [0.1, 0.15) is 5.82 Å². The number of halogens is 2. The second-order valence-electron chi connectivity index (χ2n) is 3.71. The zero-order valence-electron chi connectivity index (χ0n) is 10.5. The Balaban J connectivity index is 2.39. The number of nitrogens with one attached hydrogen (secondary N) is 1. The third-order valence-electron chi connectivity index (χ3n) is 2.33. The molecule has 21 heavy (non-hydrogen) atoms. The average molecular weight is 442 g/mol. The summed E-state index contributed by atoms with van der Waals surface area (Å²) in [6.07, 6.45) is 0. The highest BCUT2D eigenvalue weighted by Crippen LogP contribution is 2.26. The number of ether oxygens (including phenoxy) is 1. The number of methoxy groups -OCH3 is 1. The molecule has 6 nitrogen and oxygen atoms in total. The highest BCUT2D eigenvalue weighted by atomic mass is 127. The molecule has 0 bridgehead atoms. The van der Waals surface area contributed by atoms with E-state index in [1.54, 1.807) is 22.6 Å². The largest absolute Gasteiger partial charge is 0.464 e. The van der Waals surface area contributed by atoms with Gasteiger partial charge in [0.25, 0.3) is 10.0 Å². The van der Waals surface area contributed by atoms with Crippen LogP contribution in [0.25, 0.3) is 0 Å². The summed E-state index contributed by atoms with van der Waals surface area (Å²) < 4.78 is 44.5. The fourth-order valence-corrected chi connectivity index (χ4v) is 4.43. The van der Waals surface area contributed by atoms with Crippen molar-refractivity contribution >= 4 is 55.6 Å². The minimum Gasteiger partial charge on any atom is -0.464 e. The lowest BCUT2D eigenvalue weighted by molar-refractivity contribution is 0.0590. The second kappa shape index (κ2) is 6.23. The third kappa shape index (κ3) is 3.49. The Morgan fingerprint density at radius 1 is 1.48 bits per heavy atom. The first-order chi connectivity index (χ1) is 9.85. The number of sulfonamides is 1. The summed E-state index contributed by atoms with van der Waals surface area (Å²) >= 11 is 2.59. The number of esters is 1. The zero-order chi connectivity index (χ0) is 15.6. The minimum absolute atomic E-state index is 0.209. The van der Waals surface area contributed by atoms with E-state index in [2.05, 4.69) is 14.4 Å². The standard InChI is InChI=1S/C11H8FIN2O4S2/c1-19-10(16)9-11(20-5-14-9)21(17,18)15-8-3-2-6(12)4-7(8)13/h2-5,15H,1H3. The van der Waals surface area contributed by atoms with Gasteiger partial charge in [-0.05, 0) is 40.8 Å². The van der Waals surface area contributed by atoms with Gasteiger partial charge in [0, 0.05) is 3.57 Å². The molecule has 0 saturated carbocycles. The molecule has 0 aliphatic carbocycles. The first-order valence-corrected chi connectivity index (χ1v) is 8.79. The van der Waals surface area contributed by atoms with E-state index >= 15 is 0 Å². The van der Waals surface area contributed by atoms with E-state index in [0.29, 0.717) is 3.57 Å². The van der Waals surface area contributed by atoms with Crippen LogP contribution < -0.4 is 4.72 Å². The van der Waals surface area contributed by atoms with Gasteiger partial charge in [-0.2, -0.15) is 0 Å². The van der Waals surface area contributed by atoms with Crippen LogP contribution in [-0.2, 0) is 14.8 Å². The highest BCUT2D eigenvalue weighted by Gasteiger charge is 2.27. The van der Waals surface area contributed by atoms with E-state index in [0.717, 1.165) is 24.5 Å².